The molecule has 2 nitrogen and oxygen atoms in total. The van der Waals surface area contributed by atoms with Crippen LogP contribution in [0.5, 0.6) is 0 Å². The van der Waals surface area contributed by atoms with E-state index in [-0.39, 0.29) is 11.0 Å². The van der Waals surface area contributed by atoms with E-state index in [0.717, 1.165) is 31.6 Å². The monoisotopic (exact) mass is 359 g/mol. The van der Waals surface area contributed by atoms with Gasteiger partial charge in [0.1, 0.15) is 0 Å². The van der Waals surface area contributed by atoms with Gasteiger partial charge in [-0.3, -0.25) is 0 Å². The topological polar surface area (TPSA) is 21.3 Å². The highest BCUT2D eigenvalue weighted by Crippen LogP contribution is 2.37. The smallest absolute Gasteiger partial charge is 0.0514 e. The molecule has 0 aromatic heterocycles. The van der Waals surface area contributed by atoms with Crippen LogP contribution in [0.3, 0.4) is 0 Å². The van der Waals surface area contributed by atoms with Crippen LogP contribution >= 0.6 is 0 Å². The molecule has 0 atom stereocenters. The van der Waals surface area contributed by atoms with Crippen molar-refractivity contribution in [3.05, 3.63) is 35.4 Å². The third-order valence-electron chi connectivity index (χ3n) is 5.33. The number of ether oxygens (including phenoxy) is 1. The molecule has 2 rings (SSSR count). The Hall–Kier alpha value is -0.860. The van der Waals surface area contributed by atoms with E-state index >= 15 is 0 Å². The van der Waals surface area contributed by atoms with E-state index in [4.69, 9.17) is 4.74 Å². The second kappa shape index (κ2) is 9.37. The fraction of sp³-hybridized carbons (Fsp3) is 0.750. The Morgan fingerprint density at radius 3 is 2.08 bits per heavy atom. The fourth-order valence-electron chi connectivity index (χ4n) is 3.69. The predicted molar refractivity (Wildman–Crippen MR) is 113 cm³/mol. The van der Waals surface area contributed by atoms with Crippen LogP contribution in [0.25, 0.3) is 0 Å². The molecule has 0 bridgehead atoms. The molecule has 0 saturated heterocycles. The average Bonchev–Trinajstić information content (AvgIpc) is 2.57. The zero-order chi connectivity index (χ0) is 19.2. The Labute approximate surface area is 162 Å². The third-order valence-corrected chi connectivity index (χ3v) is 5.33. The summed E-state index contributed by atoms with van der Waals surface area (Å²) in [7, 11) is 0. The van der Waals surface area contributed by atoms with Crippen molar-refractivity contribution in [2.45, 2.75) is 91.6 Å². The zero-order valence-corrected chi connectivity index (χ0v) is 18.0. The lowest BCUT2D eigenvalue weighted by Crippen LogP contribution is -2.35. The van der Waals surface area contributed by atoms with Crippen molar-refractivity contribution in [3.63, 3.8) is 0 Å². The highest BCUT2D eigenvalue weighted by molar-refractivity contribution is 5.25. The van der Waals surface area contributed by atoms with Crippen molar-refractivity contribution in [2.75, 3.05) is 13.2 Å². The predicted octanol–water partition coefficient (Wildman–Crippen LogP) is 6.30. The van der Waals surface area contributed by atoms with Gasteiger partial charge < -0.3 is 10.1 Å². The van der Waals surface area contributed by atoms with Gasteiger partial charge in [0.15, 0.2) is 0 Å². The molecule has 0 unspecified atom stereocenters. The van der Waals surface area contributed by atoms with E-state index in [1.54, 1.807) is 0 Å². The SMILES string of the molecule is CC(C)(C)COCCC1CCC(c2ccc(CNC(C)(C)C)cc2)CC1. The van der Waals surface area contributed by atoms with Gasteiger partial charge in [-0.2, -0.15) is 0 Å². The largest absolute Gasteiger partial charge is 0.381 e. The molecule has 2 heteroatoms. The van der Waals surface area contributed by atoms with E-state index in [0.29, 0.717) is 0 Å². The lowest BCUT2D eigenvalue weighted by Gasteiger charge is -2.29. The highest BCUT2D eigenvalue weighted by atomic mass is 16.5. The van der Waals surface area contributed by atoms with Crippen molar-refractivity contribution >= 4 is 0 Å². The van der Waals surface area contributed by atoms with Crippen LogP contribution in [0.2, 0.25) is 0 Å². The van der Waals surface area contributed by atoms with E-state index in [9.17, 15) is 0 Å². The molecule has 0 spiro atoms. The van der Waals surface area contributed by atoms with E-state index in [1.165, 1.54) is 43.2 Å². The van der Waals surface area contributed by atoms with Gasteiger partial charge in [0.05, 0.1) is 6.61 Å². The Kier molecular flexibility index (Phi) is 7.73. The van der Waals surface area contributed by atoms with Crippen LogP contribution in [0, 0.1) is 11.3 Å². The van der Waals surface area contributed by atoms with Crippen molar-refractivity contribution in [1.29, 1.82) is 0 Å². The van der Waals surface area contributed by atoms with Gasteiger partial charge in [-0.25, -0.2) is 0 Å². The summed E-state index contributed by atoms with van der Waals surface area (Å²) >= 11 is 0. The standard InChI is InChI=1S/C24H41NO/c1-23(2,3)18-26-16-15-19-7-11-21(12-8-19)22-13-9-20(10-14-22)17-25-24(4,5)6/h9-10,13-14,19,21,25H,7-8,11-12,15-18H2,1-6H3. The molecule has 1 aliphatic rings. The molecule has 1 aromatic carbocycles. The number of hydrogen-bond donors (Lipinski definition) is 1. The lowest BCUT2D eigenvalue weighted by atomic mass is 9.77. The molecule has 1 saturated carbocycles. The van der Waals surface area contributed by atoms with Gasteiger partial charge in [-0.1, -0.05) is 45.0 Å². The zero-order valence-electron chi connectivity index (χ0n) is 18.0. The van der Waals surface area contributed by atoms with Gasteiger partial charge >= 0.3 is 0 Å². The minimum Gasteiger partial charge on any atom is -0.381 e. The van der Waals surface area contributed by atoms with Crippen molar-refractivity contribution in [3.8, 4) is 0 Å². The summed E-state index contributed by atoms with van der Waals surface area (Å²) in [5.74, 6) is 1.62. The first kappa shape index (κ1) is 21.4. The van der Waals surface area contributed by atoms with Crippen molar-refractivity contribution in [1.82, 2.24) is 5.32 Å². The molecular weight excluding hydrogens is 318 g/mol. The van der Waals surface area contributed by atoms with E-state index in [2.05, 4.69) is 71.1 Å². The van der Waals surface area contributed by atoms with Gasteiger partial charge in [-0.15, -0.1) is 0 Å². The van der Waals surface area contributed by atoms with Crippen LogP contribution in [-0.4, -0.2) is 18.8 Å². The summed E-state index contributed by atoms with van der Waals surface area (Å²) in [6, 6.07) is 9.33. The van der Waals surface area contributed by atoms with Gasteiger partial charge in [0.2, 0.25) is 0 Å². The minimum atomic E-state index is 0.174. The first-order chi connectivity index (χ1) is 12.1. The minimum absolute atomic E-state index is 0.174. The van der Waals surface area contributed by atoms with Crippen LogP contribution in [0.4, 0.5) is 0 Å². The number of hydrogen-bond acceptors (Lipinski definition) is 2. The summed E-state index contributed by atoms with van der Waals surface area (Å²) in [5.41, 5.74) is 3.38. The molecule has 26 heavy (non-hydrogen) atoms. The molecular formula is C24H41NO. The summed E-state index contributed by atoms with van der Waals surface area (Å²) < 4.78 is 5.87. The molecule has 0 radical (unpaired) electrons. The molecule has 0 amide bonds. The van der Waals surface area contributed by atoms with Crippen LogP contribution in [-0.2, 0) is 11.3 Å². The Morgan fingerprint density at radius 1 is 0.923 bits per heavy atom. The molecule has 1 fully saturated rings. The van der Waals surface area contributed by atoms with Crippen LogP contribution in [0.1, 0.15) is 90.7 Å². The lowest BCUT2D eigenvalue weighted by molar-refractivity contribution is 0.0589. The first-order valence-electron chi connectivity index (χ1n) is 10.5. The van der Waals surface area contributed by atoms with Gasteiger partial charge in [0.25, 0.3) is 0 Å². The molecule has 1 aromatic rings. The highest BCUT2D eigenvalue weighted by Gasteiger charge is 2.22. The Balaban J connectivity index is 1.70. The summed E-state index contributed by atoms with van der Waals surface area (Å²) in [4.78, 5) is 0. The Morgan fingerprint density at radius 2 is 1.54 bits per heavy atom. The molecule has 0 heterocycles. The summed E-state index contributed by atoms with van der Waals surface area (Å²) in [6.07, 6.45) is 6.63. The van der Waals surface area contributed by atoms with E-state index in [1.807, 2.05) is 0 Å². The van der Waals surface area contributed by atoms with Crippen molar-refractivity contribution in [2.24, 2.45) is 11.3 Å². The third kappa shape index (κ3) is 8.22. The second-order valence-electron chi connectivity index (χ2n) is 10.5. The van der Waals surface area contributed by atoms with Gasteiger partial charge in [-0.05, 0) is 81.3 Å². The maximum Gasteiger partial charge on any atom is 0.0514 e. The average molecular weight is 360 g/mol. The second-order valence-corrected chi connectivity index (χ2v) is 10.5. The van der Waals surface area contributed by atoms with Gasteiger partial charge in [0, 0.05) is 18.7 Å². The maximum atomic E-state index is 5.87. The van der Waals surface area contributed by atoms with E-state index < -0.39 is 0 Å². The number of nitrogens with one attached hydrogen (secondary N) is 1. The molecule has 148 valence electrons. The van der Waals surface area contributed by atoms with Crippen LogP contribution in [0.15, 0.2) is 24.3 Å². The first-order valence-corrected chi connectivity index (χ1v) is 10.5. The molecule has 1 aliphatic carbocycles. The molecule has 0 aliphatic heterocycles. The fourth-order valence-corrected chi connectivity index (χ4v) is 3.69. The maximum absolute atomic E-state index is 5.87. The summed E-state index contributed by atoms with van der Waals surface area (Å²) in [5, 5.41) is 3.56. The molecule has 1 N–H and O–H groups in total. The quantitative estimate of drug-likeness (QED) is 0.577. The van der Waals surface area contributed by atoms with Crippen LogP contribution < -0.4 is 5.32 Å². The number of rotatable bonds is 7. The number of benzene rings is 1. The van der Waals surface area contributed by atoms with Crippen molar-refractivity contribution < 1.29 is 4.74 Å². The Bertz CT molecular complexity index is 513. The normalized spacial score (nSPS) is 21.8. The summed E-state index contributed by atoms with van der Waals surface area (Å²) in [6.45, 7) is 16.1.